The minimum atomic E-state index is -1.31. The van der Waals surface area contributed by atoms with E-state index >= 15 is 0 Å². The second-order valence-electron chi connectivity index (χ2n) is 4.74. The maximum atomic E-state index is 12.2. The quantitative estimate of drug-likeness (QED) is 0.558. The molecule has 0 radical (unpaired) electrons. The number of nitrogens with one attached hydrogen (secondary N) is 1. The van der Waals surface area contributed by atoms with Gasteiger partial charge in [-0.05, 0) is 12.5 Å². The van der Waals surface area contributed by atoms with Crippen LogP contribution in [-0.2, 0) is 27.1 Å². The molecule has 0 aliphatic heterocycles. The van der Waals surface area contributed by atoms with E-state index in [1.54, 1.807) is 6.92 Å². The van der Waals surface area contributed by atoms with E-state index < -0.39 is 29.3 Å². The van der Waals surface area contributed by atoms with Gasteiger partial charge in [0, 0.05) is 12.8 Å². The normalized spacial score (nSPS) is 14.7. The Hall–Kier alpha value is -1.73. The molecule has 0 heterocycles. The lowest BCUT2D eigenvalue weighted by molar-refractivity contribution is -0.143. The molecule has 0 bridgehead atoms. The van der Waals surface area contributed by atoms with Gasteiger partial charge in [-0.3, -0.25) is 0 Å². The summed E-state index contributed by atoms with van der Waals surface area (Å²) >= 11 is -1.16. The van der Waals surface area contributed by atoms with Gasteiger partial charge in [0.1, 0.15) is 17.0 Å². The van der Waals surface area contributed by atoms with Crippen LogP contribution >= 0.6 is 0 Å². The first kappa shape index (κ1) is 18.3. The Morgan fingerprint density at radius 2 is 2.00 bits per heavy atom. The SMILES string of the molecule is CC[S+]([O-])[C@H](Cc1ccccc1)CC(NC(=O)O)C(=O)OC. The Balaban J connectivity index is 2.85. The second-order valence-corrected chi connectivity index (χ2v) is 6.75. The van der Waals surface area contributed by atoms with Gasteiger partial charge in [0.15, 0.2) is 0 Å². The predicted octanol–water partition coefficient (Wildman–Crippen LogP) is 1.57. The predicted molar refractivity (Wildman–Crippen MR) is 84.2 cm³/mol. The molecule has 0 aliphatic rings. The van der Waals surface area contributed by atoms with Crippen LogP contribution in [0.3, 0.4) is 0 Å². The first-order valence-corrected chi connectivity index (χ1v) is 8.34. The lowest BCUT2D eigenvalue weighted by Crippen LogP contribution is -2.45. The van der Waals surface area contributed by atoms with Crippen LogP contribution in [0.2, 0.25) is 0 Å². The molecule has 1 amide bonds. The summed E-state index contributed by atoms with van der Waals surface area (Å²) in [4.78, 5) is 22.5. The summed E-state index contributed by atoms with van der Waals surface area (Å²) in [6, 6.07) is 8.46. The zero-order valence-electron chi connectivity index (χ0n) is 12.7. The van der Waals surface area contributed by atoms with Crippen molar-refractivity contribution in [2.75, 3.05) is 12.9 Å². The van der Waals surface area contributed by atoms with Crippen LogP contribution in [0.15, 0.2) is 30.3 Å². The van der Waals surface area contributed by atoms with E-state index in [9.17, 15) is 14.1 Å². The van der Waals surface area contributed by atoms with Crippen LogP contribution in [0.4, 0.5) is 4.79 Å². The van der Waals surface area contributed by atoms with Gasteiger partial charge >= 0.3 is 12.1 Å². The molecule has 3 atom stereocenters. The highest BCUT2D eigenvalue weighted by Gasteiger charge is 2.31. The smallest absolute Gasteiger partial charge is 0.405 e. The van der Waals surface area contributed by atoms with Gasteiger partial charge in [0.05, 0.1) is 7.11 Å². The number of rotatable bonds is 8. The highest BCUT2D eigenvalue weighted by Crippen LogP contribution is 2.17. The van der Waals surface area contributed by atoms with E-state index in [4.69, 9.17) is 5.11 Å². The molecule has 0 aliphatic carbocycles. The molecule has 1 aromatic carbocycles. The summed E-state index contributed by atoms with van der Waals surface area (Å²) in [5.41, 5.74) is 0.994. The minimum absolute atomic E-state index is 0.133. The molecular formula is C15H21NO5S. The summed E-state index contributed by atoms with van der Waals surface area (Å²) in [6.07, 6.45) is -0.666. The van der Waals surface area contributed by atoms with E-state index in [-0.39, 0.29) is 11.7 Å². The fourth-order valence-electron chi connectivity index (χ4n) is 2.16. The van der Waals surface area contributed by atoms with E-state index in [1.165, 1.54) is 7.11 Å². The summed E-state index contributed by atoms with van der Waals surface area (Å²) in [7, 11) is 1.20. The average molecular weight is 327 g/mol. The van der Waals surface area contributed by atoms with E-state index in [0.717, 1.165) is 5.56 Å². The number of benzene rings is 1. The Kier molecular flexibility index (Phi) is 7.76. The molecule has 0 aromatic heterocycles. The molecule has 7 heteroatoms. The fourth-order valence-corrected chi connectivity index (χ4v) is 3.42. The zero-order chi connectivity index (χ0) is 16.5. The average Bonchev–Trinajstić information content (AvgIpc) is 2.52. The molecule has 1 rings (SSSR count). The standard InChI is InChI=1S/C15H21NO5S/c1-3-22(20)12(9-11-7-5-4-6-8-11)10-13(14(17)21-2)16-15(18)19/h4-8,12-13,16H,3,9-10H2,1-2H3,(H,18,19)/t12-,13?,22?/m1/s1. The highest BCUT2D eigenvalue weighted by atomic mass is 32.2. The van der Waals surface area contributed by atoms with Crippen LogP contribution < -0.4 is 5.32 Å². The van der Waals surface area contributed by atoms with Gasteiger partial charge in [-0.15, -0.1) is 0 Å². The number of esters is 1. The third kappa shape index (κ3) is 5.95. The molecule has 6 nitrogen and oxygen atoms in total. The van der Waals surface area contributed by atoms with Crippen molar-refractivity contribution in [3.05, 3.63) is 35.9 Å². The van der Waals surface area contributed by atoms with Gasteiger partial charge in [0.25, 0.3) is 0 Å². The van der Waals surface area contributed by atoms with Gasteiger partial charge in [0.2, 0.25) is 0 Å². The molecule has 1 aromatic rings. The topological polar surface area (TPSA) is 98.7 Å². The molecule has 2 unspecified atom stereocenters. The summed E-state index contributed by atoms with van der Waals surface area (Å²) < 4.78 is 16.8. The molecule has 0 spiro atoms. The molecular weight excluding hydrogens is 306 g/mol. The van der Waals surface area contributed by atoms with Crippen molar-refractivity contribution in [3.8, 4) is 0 Å². The number of carbonyl (C=O) groups excluding carboxylic acids is 1. The lowest BCUT2D eigenvalue weighted by Gasteiger charge is -2.24. The van der Waals surface area contributed by atoms with Crippen LogP contribution in [0, 0.1) is 0 Å². The third-order valence-electron chi connectivity index (χ3n) is 3.24. The van der Waals surface area contributed by atoms with Crippen molar-refractivity contribution in [1.29, 1.82) is 0 Å². The fraction of sp³-hybridized carbons (Fsp3) is 0.467. The number of hydrogen-bond acceptors (Lipinski definition) is 4. The van der Waals surface area contributed by atoms with Gasteiger partial charge in [-0.1, -0.05) is 41.5 Å². The van der Waals surface area contributed by atoms with Gasteiger partial charge in [-0.2, -0.15) is 0 Å². The largest absolute Gasteiger partial charge is 0.616 e. The number of carboxylic acid groups (broad SMARTS) is 1. The zero-order valence-corrected chi connectivity index (χ0v) is 13.5. The van der Waals surface area contributed by atoms with Crippen molar-refractivity contribution in [1.82, 2.24) is 5.32 Å². The number of methoxy groups -OCH3 is 1. The van der Waals surface area contributed by atoms with Crippen LogP contribution in [-0.4, -0.2) is 45.9 Å². The Morgan fingerprint density at radius 3 is 2.50 bits per heavy atom. The van der Waals surface area contributed by atoms with Crippen molar-refractivity contribution in [2.24, 2.45) is 0 Å². The maximum absolute atomic E-state index is 12.2. The van der Waals surface area contributed by atoms with Gasteiger partial charge in [-0.25, -0.2) is 9.59 Å². The summed E-state index contributed by atoms with van der Waals surface area (Å²) in [5.74, 6) is -0.230. The number of amides is 1. The van der Waals surface area contributed by atoms with Crippen LogP contribution in [0.25, 0.3) is 0 Å². The first-order valence-electron chi connectivity index (χ1n) is 6.96. The minimum Gasteiger partial charge on any atom is -0.616 e. The molecule has 0 fully saturated rings. The summed E-state index contributed by atoms with van der Waals surface area (Å²) in [6.45, 7) is 1.80. The number of carbonyl (C=O) groups is 2. The Bertz CT molecular complexity index is 482. The highest BCUT2D eigenvalue weighted by molar-refractivity contribution is 7.92. The monoisotopic (exact) mass is 327 g/mol. The second kappa shape index (κ2) is 9.32. The van der Waals surface area contributed by atoms with Crippen molar-refractivity contribution in [3.63, 3.8) is 0 Å². The molecule has 22 heavy (non-hydrogen) atoms. The van der Waals surface area contributed by atoms with Crippen molar-refractivity contribution >= 4 is 23.2 Å². The number of ether oxygens (including phenoxy) is 1. The van der Waals surface area contributed by atoms with Crippen molar-refractivity contribution in [2.45, 2.75) is 31.1 Å². The van der Waals surface area contributed by atoms with Crippen LogP contribution in [0.5, 0.6) is 0 Å². The van der Waals surface area contributed by atoms with Gasteiger partial charge < -0.3 is 19.7 Å². The summed E-state index contributed by atoms with van der Waals surface area (Å²) in [5, 5.41) is 10.6. The van der Waals surface area contributed by atoms with E-state index in [0.29, 0.717) is 12.2 Å². The first-order chi connectivity index (χ1) is 10.5. The number of hydrogen-bond donors (Lipinski definition) is 2. The lowest BCUT2D eigenvalue weighted by atomic mass is 10.0. The van der Waals surface area contributed by atoms with Crippen molar-refractivity contribution < 1.29 is 24.0 Å². The maximum Gasteiger partial charge on any atom is 0.405 e. The molecule has 2 N–H and O–H groups in total. The van der Waals surface area contributed by atoms with Crippen LogP contribution in [0.1, 0.15) is 18.9 Å². The Morgan fingerprint density at radius 1 is 1.36 bits per heavy atom. The molecule has 0 saturated carbocycles. The van der Waals surface area contributed by atoms with E-state index in [1.807, 2.05) is 30.3 Å². The van der Waals surface area contributed by atoms with E-state index in [2.05, 4.69) is 10.1 Å². The molecule has 122 valence electrons. The third-order valence-corrected chi connectivity index (χ3v) is 4.92. The molecule has 0 saturated heterocycles. The Labute approximate surface area is 133 Å².